The van der Waals surface area contributed by atoms with Gasteiger partial charge in [-0.3, -0.25) is 14.7 Å². The zero-order chi connectivity index (χ0) is 20.1. The standard InChI is InChI=1S/C21H21ClN4O3/c22-17-3-1-2-4-19(17)28-14-13-25-9-11-26(12-10-25)21(27)18-15-20(29-24-18)16-5-7-23-8-6-16/h1-8,15H,9-14H2. The first-order chi connectivity index (χ1) is 14.2. The van der Waals surface area contributed by atoms with Gasteiger partial charge in [0.05, 0.1) is 5.02 Å². The number of aromatic nitrogens is 2. The van der Waals surface area contributed by atoms with Gasteiger partial charge in [-0.2, -0.15) is 0 Å². The minimum Gasteiger partial charge on any atom is -0.491 e. The van der Waals surface area contributed by atoms with Gasteiger partial charge in [-0.05, 0) is 24.3 Å². The van der Waals surface area contributed by atoms with Crippen molar-refractivity contribution < 1.29 is 14.1 Å². The van der Waals surface area contributed by atoms with E-state index >= 15 is 0 Å². The van der Waals surface area contributed by atoms with E-state index in [4.69, 9.17) is 20.9 Å². The van der Waals surface area contributed by atoms with Gasteiger partial charge in [0.2, 0.25) is 0 Å². The summed E-state index contributed by atoms with van der Waals surface area (Å²) in [5.41, 5.74) is 1.17. The van der Waals surface area contributed by atoms with E-state index in [0.717, 1.165) is 25.2 Å². The number of pyridine rings is 1. The second-order valence-corrected chi connectivity index (χ2v) is 7.13. The summed E-state index contributed by atoms with van der Waals surface area (Å²) in [6, 6.07) is 12.8. The topological polar surface area (TPSA) is 71.7 Å². The van der Waals surface area contributed by atoms with Crippen LogP contribution in [0.25, 0.3) is 11.3 Å². The van der Waals surface area contributed by atoms with E-state index in [1.807, 2.05) is 36.4 Å². The molecule has 7 nitrogen and oxygen atoms in total. The molecule has 8 heteroatoms. The van der Waals surface area contributed by atoms with Gasteiger partial charge >= 0.3 is 0 Å². The molecule has 1 aliphatic rings. The van der Waals surface area contributed by atoms with Gasteiger partial charge in [0.1, 0.15) is 12.4 Å². The van der Waals surface area contributed by atoms with Gasteiger partial charge in [0, 0.05) is 56.7 Å². The van der Waals surface area contributed by atoms with E-state index in [1.54, 1.807) is 23.4 Å². The number of benzene rings is 1. The first kappa shape index (κ1) is 19.4. The van der Waals surface area contributed by atoms with Gasteiger partial charge < -0.3 is 14.2 Å². The van der Waals surface area contributed by atoms with Crippen molar-refractivity contribution in [3.05, 3.63) is 65.6 Å². The number of piperazine rings is 1. The van der Waals surface area contributed by atoms with E-state index < -0.39 is 0 Å². The van der Waals surface area contributed by atoms with E-state index in [9.17, 15) is 4.79 Å². The van der Waals surface area contributed by atoms with Crippen LogP contribution in [0, 0.1) is 0 Å². The largest absolute Gasteiger partial charge is 0.491 e. The fourth-order valence-corrected chi connectivity index (χ4v) is 3.40. The SMILES string of the molecule is O=C(c1cc(-c2ccncc2)on1)N1CCN(CCOc2ccccc2Cl)CC1. The molecule has 1 amide bonds. The molecule has 0 N–H and O–H groups in total. The Kier molecular flexibility index (Phi) is 6.07. The molecule has 0 atom stereocenters. The minimum atomic E-state index is -0.110. The van der Waals surface area contributed by atoms with Crippen LogP contribution in [0.15, 0.2) is 59.4 Å². The number of nitrogens with zero attached hydrogens (tertiary/aromatic N) is 4. The van der Waals surface area contributed by atoms with Crippen molar-refractivity contribution >= 4 is 17.5 Å². The van der Waals surface area contributed by atoms with Gasteiger partial charge in [-0.1, -0.05) is 28.9 Å². The monoisotopic (exact) mass is 412 g/mol. The molecule has 1 saturated heterocycles. The van der Waals surface area contributed by atoms with Crippen LogP contribution in [-0.4, -0.2) is 65.2 Å². The van der Waals surface area contributed by atoms with Crippen molar-refractivity contribution in [1.82, 2.24) is 19.9 Å². The average Bonchev–Trinajstić information content (AvgIpc) is 3.26. The maximum Gasteiger partial charge on any atom is 0.276 e. The third-order valence-corrected chi connectivity index (χ3v) is 5.17. The van der Waals surface area contributed by atoms with Crippen molar-refractivity contribution in [1.29, 1.82) is 0 Å². The smallest absolute Gasteiger partial charge is 0.276 e. The van der Waals surface area contributed by atoms with E-state index in [1.165, 1.54) is 0 Å². The van der Waals surface area contributed by atoms with E-state index in [0.29, 0.717) is 41.9 Å². The molecule has 29 heavy (non-hydrogen) atoms. The van der Waals surface area contributed by atoms with Gasteiger partial charge in [0.15, 0.2) is 11.5 Å². The van der Waals surface area contributed by atoms with Crippen LogP contribution in [0.2, 0.25) is 5.02 Å². The Morgan fingerprint density at radius 1 is 1.10 bits per heavy atom. The molecule has 1 aliphatic heterocycles. The molecule has 0 aliphatic carbocycles. The Balaban J connectivity index is 1.26. The fraction of sp³-hybridized carbons (Fsp3) is 0.286. The second kappa shape index (κ2) is 9.07. The Hall–Kier alpha value is -2.90. The minimum absolute atomic E-state index is 0.110. The molecule has 0 spiro atoms. The molecule has 3 aromatic rings. The highest BCUT2D eigenvalue weighted by atomic mass is 35.5. The first-order valence-electron chi connectivity index (χ1n) is 9.47. The molecule has 3 heterocycles. The molecule has 1 aromatic carbocycles. The number of halogens is 1. The van der Waals surface area contributed by atoms with Gasteiger partial charge in [0.25, 0.3) is 5.91 Å². The zero-order valence-corrected chi connectivity index (χ0v) is 16.6. The molecule has 1 fully saturated rings. The van der Waals surface area contributed by atoms with Crippen LogP contribution < -0.4 is 4.74 Å². The molecule has 2 aromatic heterocycles. The van der Waals surface area contributed by atoms with Crippen LogP contribution in [-0.2, 0) is 0 Å². The van der Waals surface area contributed by atoms with Crippen molar-refractivity contribution in [2.45, 2.75) is 0 Å². The van der Waals surface area contributed by atoms with Crippen molar-refractivity contribution in [3.63, 3.8) is 0 Å². The summed E-state index contributed by atoms with van der Waals surface area (Å²) in [4.78, 5) is 20.8. The Morgan fingerprint density at radius 2 is 1.86 bits per heavy atom. The molecule has 0 radical (unpaired) electrons. The Labute approximate surface area is 173 Å². The summed E-state index contributed by atoms with van der Waals surface area (Å²) in [5.74, 6) is 1.14. The van der Waals surface area contributed by atoms with Crippen LogP contribution in [0.5, 0.6) is 5.75 Å². The van der Waals surface area contributed by atoms with Crippen LogP contribution in [0.4, 0.5) is 0 Å². The third-order valence-electron chi connectivity index (χ3n) is 4.86. The maximum absolute atomic E-state index is 12.7. The summed E-state index contributed by atoms with van der Waals surface area (Å²) in [5, 5.41) is 4.56. The summed E-state index contributed by atoms with van der Waals surface area (Å²) < 4.78 is 11.1. The lowest BCUT2D eigenvalue weighted by atomic mass is 10.2. The average molecular weight is 413 g/mol. The Morgan fingerprint density at radius 3 is 2.62 bits per heavy atom. The van der Waals surface area contributed by atoms with Gasteiger partial charge in [-0.15, -0.1) is 0 Å². The lowest BCUT2D eigenvalue weighted by Gasteiger charge is -2.34. The van der Waals surface area contributed by atoms with Crippen LogP contribution in [0.3, 0.4) is 0 Å². The number of hydrogen-bond acceptors (Lipinski definition) is 6. The van der Waals surface area contributed by atoms with Gasteiger partial charge in [-0.25, -0.2) is 0 Å². The predicted molar refractivity (Wildman–Crippen MR) is 109 cm³/mol. The second-order valence-electron chi connectivity index (χ2n) is 6.73. The normalized spacial score (nSPS) is 14.7. The molecule has 4 rings (SSSR count). The number of rotatable bonds is 6. The van der Waals surface area contributed by atoms with Crippen molar-refractivity contribution in [2.75, 3.05) is 39.3 Å². The summed E-state index contributed by atoms with van der Waals surface area (Å²) in [6.07, 6.45) is 3.35. The highest BCUT2D eigenvalue weighted by Gasteiger charge is 2.24. The predicted octanol–water partition coefficient (Wildman–Crippen LogP) is 3.23. The quantitative estimate of drug-likeness (QED) is 0.619. The first-order valence-corrected chi connectivity index (χ1v) is 9.84. The molecule has 0 unspecified atom stereocenters. The summed E-state index contributed by atoms with van der Waals surface area (Å²) in [6.45, 7) is 4.18. The Bertz CT molecular complexity index is 955. The summed E-state index contributed by atoms with van der Waals surface area (Å²) in [7, 11) is 0. The lowest BCUT2D eigenvalue weighted by molar-refractivity contribution is 0.0610. The summed E-state index contributed by atoms with van der Waals surface area (Å²) >= 11 is 6.10. The third kappa shape index (κ3) is 4.75. The number of ether oxygens (including phenoxy) is 1. The lowest BCUT2D eigenvalue weighted by Crippen LogP contribution is -2.49. The number of para-hydroxylation sites is 1. The maximum atomic E-state index is 12.7. The number of amides is 1. The zero-order valence-electron chi connectivity index (χ0n) is 15.8. The molecular weight excluding hydrogens is 392 g/mol. The highest BCUT2D eigenvalue weighted by molar-refractivity contribution is 6.32. The molecule has 150 valence electrons. The van der Waals surface area contributed by atoms with Crippen molar-refractivity contribution in [2.24, 2.45) is 0 Å². The molecule has 0 bridgehead atoms. The highest BCUT2D eigenvalue weighted by Crippen LogP contribution is 2.23. The van der Waals surface area contributed by atoms with Crippen molar-refractivity contribution in [3.8, 4) is 17.1 Å². The number of carbonyl (C=O) groups excluding carboxylic acids is 1. The van der Waals surface area contributed by atoms with E-state index in [2.05, 4.69) is 15.0 Å². The van der Waals surface area contributed by atoms with Crippen LogP contribution in [0.1, 0.15) is 10.5 Å². The molecular formula is C21H21ClN4O3. The van der Waals surface area contributed by atoms with E-state index in [-0.39, 0.29) is 5.91 Å². The fourth-order valence-electron chi connectivity index (χ4n) is 3.21. The van der Waals surface area contributed by atoms with Crippen LogP contribution >= 0.6 is 11.6 Å². The molecule has 0 saturated carbocycles. The number of carbonyl (C=O) groups is 1. The number of hydrogen-bond donors (Lipinski definition) is 0.